The van der Waals surface area contributed by atoms with Gasteiger partial charge in [0.1, 0.15) is 0 Å². The fourth-order valence-corrected chi connectivity index (χ4v) is 5.66. The summed E-state index contributed by atoms with van der Waals surface area (Å²) in [4.78, 5) is 4.37. The molecule has 5 N–H and O–H groups in total. The van der Waals surface area contributed by atoms with Gasteiger partial charge in [0.05, 0.1) is 0 Å². The molecule has 0 saturated heterocycles. The van der Waals surface area contributed by atoms with E-state index in [1.165, 1.54) is 12.7 Å². The molecule has 0 fully saturated rings. The van der Waals surface area contributed by atoms with Crippen molar-refractivity contribution in [2.75, 3.05) is 11.1 Å². The number of anilines is 2. The van der Waals surface area contributed by atoms with Crippen LogP contribution in [0.4, 0.5) is 17.2 Å². The van der Waals surface area contributed by atoms with Gasteiger partial charge in [-0.1, -0.05) is 6.07 Å². The first-order chi connectivity index (χ1) is 15.1. The molecule has 6 nitrogen and oxygen atoms in total. The van der Waals surface area contributed by atoms with Gasteiger partial charge in [0, 0.05) is 0 Å². The number of hydrogen-bond donors (Lipinski definition) is 3. The monoisotopic (exact) mass is 521 g/mol. The number of para-hydroxylation sites is 1. The normalized spacial score (nSPS) is 11.5. The first-order valence-electron chi connectivity index (χ1n) is 9.69. The average molecular weight is 521 g/mol. The summed E-state index contributed by atoms with van der Waals surface area (Å²) >= 11 is -0.481. The summed E-state index contributed by atoms with van der Waals surface area (Å²) in [5, 5.41) is 11.6. The van der Waals surface area contributed by atoms with Crippen LogP contribution in [0.5, 0.6) is 0 Å². The van der Waals surface area contributed by atoms with Crippen molar-refractivity contribution in [1.82, 2.24) is 10.2 Å². The van der Waals surface area contributed by atoms with Crippen LogP contribution in [0.15, 0.2) is 89.9 Å². The summed E-state index contributed by atoms with van der Waals surface area (Å²) < 4.78 is 2.37. The van der Waals surface area contributed by atoms with Crippen molar-refractivity contribution in [3.8, 4) is 11.3 Å². The van der Waals surface area contributed by atoms with Crippen molar-refractivity contribution in [1.29, 1.82) is 0 Å². The third-order valence-electron chi connectivity index (χ3n) is 4.45. The summed E-state index contributed by atoms with van der Waals surface area (Å²) in [5.41, 5.74) is 17.1. The summed E-state index contributed by atoms with van der Waals surface area (Å²) in [6.07, 6.45) is 0. The van der Waals surface area contributed by atoms with Crippen LogP contribution < -0.4 is 38.0 Å². The Hall–Kier alpha value is -3.46. The molecule has 0 aliphatic rings. The summed E-state index contributed by atoms with van der Waals surface area (Å²) in [6.45, 7) is 2.07. The zero-order valence-corrected chi connectivity index (χ0v) is 19.1. The molecule has 1 heterocycles. The van der Waals surface area contributed by atoms with Gasteiger partial charge in [-0.05, 0) is 0 Å². The van der Waals surface area contributed by atoms with Crippen LogP contribution in [0.3, 0.4) is 0 Å². The van der Waals surface area contributed by atoms with Gasteiger partial charge in [0.15, 0.2) is 0 Å². The Morgan fingerprint density at radius 1 is 0.871 bits per heavy atom. The molecule has 0 amide bonds. The minimum absolute atomic E-state index is 0.260. The number of nitrogens with one attached hydrogen (secondary N) is 1. The second-order valence-electron chi connectivity index (χ2n) is 6.86. The molecule has 0 aliphatic carbocycles. The van der Waals surface area contributed by atoms with Crippen LogP contribution in [-0.4, -0.2) is 16.2 Å². The van der Waals surface area contributed by atoms with E-state index >= 15 is 0 Å². The predicted molar refractivity (Wildman–Crippen MR) is 122 cm³/mol. The third-order valence-corrected chi connectivity index (χ3v) is 7.49. The number of rotatable bonds is 5. The van der Waals surface area contributed by atoms with Crippen molar-refractivity contribution >= 4 is 23.2 Å². The molecule has 3 aromatic carbocycles. The maximum atomic E-state index is 6.19. The first kappa shape index (κ1) is 20.8. The topological polar surface area (TPSA) is 102 Å². The van der Waals surface area contributed by atoms with Crippen molar-refractivity contribution in [2.45, 2.75) is 6.92 Å². The molecular weight excluding hydrogens is 499 g/mol. The van der Waals surface area contributed by atoms with Crippen LogP contribution in [0, 0.1) is 14.1 Å². The Balaban J connectivity index is 1.51. The molecule has 0 atom stereocenters. The minimum atomic E-state index is -0.481. The number of benzene rings is 3. The van der Waals surface area contributed by atoms with Crippen molar-refractivity contribution in [3.63, 3.8) is 0 Å². The van der Waals surface area contributed by atoms with E-state index in [1.54, 1.807) is 6.07 Å². The van der Waals surface area contributed by atoms with Gasteiger partial charge < -0.3 is 0 Å². The molecule has 31 heavy (non-hydrogen) atoms. The third kappa shape index (κ3) is 5.37. The predicted octanol–water partition coefficient (Wildman–Crippen LogP) is 1.22. The molecule has 0 aliphatic heterocycles. The van der Waals surface area contributed by atoms with Crippen LogP contribution >= 0.6 is 0 Å². The molecular formula is C24H22IN6-. The van der Waals surface area contributed by atoms with E-state index in [9.17, 15) is 0 Å². The molecule has 0 saturated carbocycles. The molecule has 1 aromatic heterocycles. The SMILES string of the molecule is Cc1ccc(N)c([I-]c2ccccc2NC(N)=Nc2ccc(-c3ccccc3)nn2)c1. The van der Waals surface area contributed by atoms with Crippen LogP contribution in [0.2, 0.25) is 0 Å². The van der Waals surface area contributed by atoms with E-state index < -0.39 is 21.2 Å². The van der Waals surface area contributed by atoms with Gasteiger partial charge in [-0.2, -0.15) is 0 Å². The summed E-state index contributed by atoms with van der Waals surface area (Å²) in [7, 11) is 0. The molecule has 4 aromatic rings. The van der Waals surface area contributed by atoms with Gasteiger partial charge in [0.2, 0.25) is 0 Å². The maximum absolute atomic E-state index is 6.19. The quantitative estimate of drug-likeness (QED) is 0.159. The number of aliphatic imine (C=N–C) groups is 1. The van der Waals surface area contributed by atoms with Crippen LogP contribution in [0.1, 0.15) is 5.56 Å². The van der Waals surface area contributed by atoms with Crippen LogP contribution in [0.25, 0.3) is 11.3 Å². The van der Waals surface area contributed by atoms with Crippen molar-refractivity contribution in [2.24, 2.45) is 10.7 Å². The second kappa shape index (κ2) is 9.57. The standard InChI is InChI=1S/C24H22IN6/c1-16-11-12-20(26)19(15-16)25-18-9-5-6-10-22(18)28-24(27)29-23-14-13-21(30-31-23)17-7-3-2-4-8-17/h2-15H,26H2,1H3,(H3,27,28,29,31)/q-1. The number of halogens is 1. The van der Waals surface area contributed by atoms with Crippen molar-refractivity contribution in [3.05, 3.63) is 97.6 Å². The van der Waals surface area contributed by atoms with E-state index in [0.717, 1.165) is 22.6 Å². The number of hydrogen-bond acceptors (Lipinski definition) is 4. The first-order valence-corrected chi connectivity index (χ1v) is 11.8. The molecule has 4 rings (SSSR count). The molecule has 0 spiro atoms. The fourth-order valence-electron chi connectivity index (χ4n) is 2.91. The van der Waals surface area contributed by atoms with E-state index in [-0.39, 0.29) is 5.96 Å². The Labute approximate surface area is 191 Å². The van der Waals surface area contributed by atoms with Crippen LogP contribution in [-0.2, 0) is 0 Å². The summed E-state index contributed by atoms with van der Waals surface area (Å²) in [5.74, 6) is 0.704. The fraction of sp³-hybridized carbons (Fsp3) is 0.0417. The van der Waals surface area contributed by atoms with E-state index in [2.05, 4.69) is 39.6 Å². The number of aromatic nitrogens is 2. The average Bonchev–Trinajstić information content (AvgIpc) is 2.79. The van der Waals surface area contributed by atoms with Gasteiger partial charge in [0.25, 0.3) is 0 Å². The molecule has 156 valence electrons. The van der Waals surface area contributed by atoms with Crippen molar-refractivity contribution < 1.29 is 21.2 Å². The zero-order valence-electron chi connectivity index (χ0n) is 17.0. The van der Waals surface area contributed by atoms with Gasteiger partial charge in [-0.15, -0.1) is 0 Å². The van der Waals surface area contributed by atoms with Gasteiger partial charge >= 0.3 is 186 Å². The van der Waals surface area contributed by atoms with Gasteiger partial charge in [-0.25, -0.2) is 0 Å². The Morgan fingerprint density at radius 3 is 2.42 bits per heavy atom. The Morgan fingerprint density at radius 2 is 1.65 bits per heavy atom. The molecule has 0 unspecified atom stereocenters. The molecule has 0 radical (unpaired) electrons. The van der Waals surface area contributed by atoms with E-state index in [1.807, 2.05) is 66.7 Å². The number of guanidine groups is 1. The van der Waals surface area contributed by atoms with E-state index in [0.29, 0.717) is 5.82 Å². The molecule has 0 bridgehead atoms. The Kier molecular flexibility index (Phi) is 6.42. The van der Waals surface area contributed by atoms with E-state index in [4.69, 9.17) is 11.5 Å². The number of nitrogen functional groups attached to an aromatic ring is 1. The number of nitrogens with zero attached hydrogens (tertiary/aromatic N) is 3. The zero-order chi connectivity index (χ0) is 21.6. The molecule has 7 heteroatoms. The number of aryl methyl sites for hydroxylation is 1. The number of nitrogens with two attached hydrogens (primary N) is 2. The Bertz CT molecular complexity index is 1210. The van der Waals surface area contributed by atoms with Gasteiger partial charge in [-0.3, -0.25) is 0 Å². The second-order valence-corrected chi connectivity index (χ2v) is 9.73. The summed E-state index contributed by atoms with van der Waals surface area (Å²) in [6, 6.07) is 27.8.